The van der Waals surface area contributed by atoms with Crippen LogP contribution in [0.5, 0.6) is 0 Å². The van der Waals surface area contributed by atoms with Crippen molar-refractivity contribution in [2.45, 2.75) is 11.4 Å². The molecule has 0 bridgehead atoms. The molecule has 0 heterocycles. The molecule has 0 fully saturated rings. The summed E-state index contributed by atoms with van der Waals surface area (Å²) in [5.74, 6) is 0. The van der Waals surface area contributed by atoms with E-state index in [1.54, 1.807) is 30.3 Å². The second kappa shape index (κ2) is 5.45. The fraction of sp³-hybridized carbons (Fsp3) is 0.133. The van der Waals surface area contributed by atoms with Crippen LogP contribution in [0.15, 0.2) is 47.4 Å². The molecule has 2 aromatic carbocycles. The van der Waals surface area contributed by atoms with Crippen LogP contribution in [0.25, 0.3) is 11.1 Å². The predicted octanol–water partition coefficient (Wildman–Crippen LogP) is 2.09. The van der Waals surface area contributed by atoms with Crippen molar-refractivity contribution in [2.24, 2.45) is 5.73 Å². The van der Waals surface area contributed by atoms with Gasteiger partial charge in [-0.25, -0.2) is 8.42 Å². The molecule has 0 amide bonds. The van der Waals surface area contributed by atoms with Crippen molar-refractivity contribution in [1.29, 1.82) is 5.26 Å². The predicted molar refractivity (Wildman–Crippen MR) is 77.6 cm³/mol. The first-order chi connectivity index (χ1) is 9.45. The minimum atomic E-state index is -3.19. The lowest BCUT2D eigenvalue weighted by Gasteiger charge is -2.06. The molecule has 102 valence electrons. The van der Waals surface area contributed by atoms with Crippen LogP contribution in [-0.2, 0) is 16.4 Å². The van der Waals surface area contributed by atoms with Crippen molar-refractivity contribution in [1.82, 2.24) is 0 Å². The van der Waals surface area contributed by atoms with Crippen molar-refractivity contribution in [3.05, 3.63) is 53.6 Å². The Morgan fingerprint density at radius 1 is 1.10 bits per heavy atom. The summed E-state index contributed by atoms with van der Waals surface area (Å²) < 4.78 is 22.8. The standard InChI is InChI=1S/C15H14N2O2S/c1-20(18,19)15-6-4-11(5-7-15)12-2-3-13(9-16)14(8-12)10-17/h2-8H,9,16H2,1H3. The van der Waals surface area contributed by atoms with Gasteiger partial charge in [0.2, 0.25) is 0 Å². The molecule has 0 spiro atoms. The third-order valence-electron chi connectivity index (χ3n) is 3.07. The summed E-state index contributed by atoms with van der Waals surface area (Å²) in [5.41, 5.74) is 8.62. The molecule has 0 aliphatic rings. The lowest BCUT2D eigenvalue weighted by molar-refractivity contribution is 0.602. The van der Waals surface area contributed by atoms with Gasteiger partial charge < -0.3 is 5.73 Å². The maximum absolute atomic E-state index is 11.4. The van der Waals surface area contributed by atoms with E-state index in [9.17, 15) is 8.42 Å². The summed E-state index contributed by atoms with van der Waals surface area (Å²) in [6.07, 6.45) is 1.17. The summed E-state index contributed by atoms with van der Waals surface area (Å²) in [4.78, 5) is 0.278. The number of sulfone groups is 1. The van der Waals surface area contributed by atoms with E-state index in [-0.39, 0.29) is 4.90 Å². The summed E-state index contributed by atoms with van der Waals surface area (Å²) in [5, 5.41) is 9.09. The molecule has 4 nitrogen and oxygen atoms in total. The van der Waals surface area contributed by atoms with Crippen LogP contribution in [0.3, 0.4) is 0 Å². The monoisotopic (exact) mass is 286 g/mol. The Kier molecular flexibility index (Phi) is 3.89. The van der Waals surface area contributed by atoms with E-state index >= 15 is 0 Å². The van der Waals surface area contributed by atoms with Crippen LogP contribution in [0, 0.1) is 11.3 Å². The van der Waals surface area contributed by atoms with E-state index < -0.39 is 9.84 Å². The van der Waals surface area contributed by atoms with Gasteiger partial charge >= 0.3 is 0 Å². The van der Waals surface area contributed by atoms with Gasteiger partial charge in [-0.2, -0.15) is 5.26 Å². The molecule has 0 radical (unpaired) electrons. The molecular formula is C15H14N2O2S. The minimum Gasteiger partial charge on any atom is -0.326 e. The second-order valence-corrected chi connectivity index (χ2v) is 6.50. The Hall–Kier alpha value is -2.16. The molecule has 0 aliphatic heterocycles. The van der Waals surface area contributed by atoms with Gasteiger partial charge in [-0.1, -0.05) is 24.3 Å². The maximum Gasteiger partial charge on any atom is 0.175 e. The lowest BCUT2D eigenvalue weighted by Crippen LogP contribution is -1.99. The van der Waals surface area contributed by atoms with Crippen molar-refractivity contribution in [2.75, 3.05) is 6.26 Å². The van der Waals surface area contributed by atoms with Crippen LogP contribution in [0.2, 0.25) is 0 Å². The van der Waals surface area contributed by atoms with E-state index in [4.69, 9.17) is 11.0 Å². The fourth-order valence-corrected chi connectivity index (χ4v) is 2.56. The number of hydrogen-bond acceptors (Lipinski definition) is 4. The molecule has 2 aromatic rings. The third-order valence-corrected chi connectivity index (χ3v) is 4.19. The Balaban J connectivity index is 2.45. The minimum absolute atomic E-state index is 0.278. The normalized spacial score (nSPS) is 11.1. The first kappa shape index (κ1) is 14.3. The number of nitrogens with two attached hydrogens (primary N) is 1. The first-order valence-electron chi connectivity index (χ1n) is 5.99. The number of nitrogens with zero attached hydrogens (tertiary/aromatic N) is 1. The van der Waals surface area contributed by atoms with Gasteiger partial charge in [0.25, 0.3) is 0 Å². The zero-order valence-electron chi connectivity index (χ0n) is 11.0. The van der Waals surface area contributed by atoms with Gasteiger partial charge in [-0.05, 0) is 34.9 Å². The fourth-order valence-electron chi connectivity index (χ4n) is 1.93. The van der Waals surface area contributed by atoms with Gasteiger partial charge in [0, 0.05) is 12.8 Å². The smallest absolute Gasteiger partial charge is 0.175 e. The average molecular weight is 286 g/mol. The first-order valence-corrected chi connectivity index (χ1v) is 7.88. The van der Waals surface area contributed by atoms with Crippen molar-refractivity contribution < 1.29 is 8.42 Å². The van der Waals surface area contributed by atoms with E-state index in [2.05, 4.69) is 6.07 Å². The molecule has 20 heavy (non-hydrogen) atoms. The molecule has 0 unspecified atom stereocenters. The zero-order valence-corrected chi connectivity index (χ0v) is 11.8. The third kappa shape index (κ3) is 2.87. The SMILES string of the molecule is CS(=O)(=O)c1ccc(-c2ccc(CN)c(C#N)c2)cc1. The molecule has 2 rings (SSSR count). The number of hydrogen-bond donors (Lipinski definition) is 1. The lowest BCUT2D eigenvalue weighted by atomic mass is 10.00. The molecule has 0 aromatic heterocycles. The van der Waals surface area contributed by atoms with Crippen LogP contribution < -0.4 is 5.73 Å². The molecule has 0 saturated carbocycles. The molecule has 0 aliphatic carbocycles. The largest absolute Gasteiger partial charge is 0.326 e. The summed E-state index contributed by atoms with van der Waals surface area (Å²) in [6, 6.07) is 14.2. The van der Waals surface area contributed by atoms with Gasteiger partial charge in [0.1, 0.15) is 0 Å². The van der Waals surface area contributed by atoms with Gasteiger partial charge in [-0.3, -0.25) is 0 Å². The van der Waals surface area contributed by atoms with Crippen LogP contribution in [-0.4, -0.2) is 14.7 Å². The van der Waals surface area contributed by atoms with Crippen molar-refractivity contribution in [3.63, 3.8) is 0 Å². The molecule has 0 atom stereocenters. The van der Waals surface area contributed by atoms with E-state index in [1.807, 2.05) is 12.1 Å². The topological polar surface area (TPSA) is 83.9 Å². The van der Waals surface area contributed by atoms with Gasteiger partial charge in [0.05, 0.1) is 16.5 Å². The quantitative estimate of drug-likeness (QED) is 0.936. The number of benzene rings is 2. The second-order valence-electron chi connectivity index (χ2n) is 4.48. The summed E-state index contributed by atoms with van der Waals surface area (Å²) in [6.45, 7) is 0.316. The summed E-state index contributed by atoms with van der Waals surface area (Å²) >= 11 is 0. The Labute approximate surface area is 118 Å². The zero-order chi connectivity index (χ0) is 14.8. The van der Waals surface area contributed by atoms with E-state index in [0.717, 1.165) is 16.7 Å². The van der Waals surface area contributed by atoms with Gasteiger partial charge in [0.15, 0.2) is 9.84 Å². The highest BCUT2D eigenvalue weighted by Crippen LogP contribution is 2.23. The Morgan fingerprint density at radius 3 is 2.20 bits per heavy atom. The average Bonchev–Trinajstić information content (AvgIpc) is 2.45. The van der Waals surface area contributed by atoms with Crippen molar-refractivity contribution in [3.8, 4) is 17.2 Å². The summed E-state index contributed by atoms with van der Waals surface area (Å²) in [7, 11) is -3.19. The molecule has 0 saturated heterocycles. The highest BCUT2D eigenvalue weighted by Gasteiger charge is 2.08. The van der Waals surface area contributed by atoms with E-state index in [1.165, 1.54) is 6.26 Å². The number of rotatable bonds is 3. The maximum atomic E-state index is 11.4. The van der Waals surface area contributed by atoms with Crippen molar-refractivity contribution >= 4 is 9.84 Å². The van der Waals surface area contributed by atoms with E-state index in [0.29, 0.717) is 12.1 Å². The highest BCUT2D eigenvalue weighted by molar-refractivity contribution is 7.90. The van der Waals surface area contributed by atoms with Crippen LogP contribution in [0.1, 0.15) is 11.1 Å². The molecule has 5 heteroatoms. The highest BCUT2D eigenvalue weighted by atomic mass is 32.2. The molecular weight excluding hydrogens is 272 g/mol. The van der Waals surface area contributed by atoms with Crippen LogP contribution >= 0.6 is 0 Å². The number of nitriles is 1. The Morgan fingerprint density at radius 2 is 1.70 bits per heavy atom. The Bertz CT molecular complexity index is 773. The molecule has 2 N–H and O–H groups in total. The van der Waals surface area contributed by atoms with Crippen LogP contribution in [0.4, 0.5) is 0 Å². The van der Waals surface area contributed by atoms with Gasteiger partial charge in [-0.15, -0.1) is 0 Å².